The number of fused-ring (bicyclic) bond motifs is 1. The average Bonchev–Trinajstić information content (AvgIpc) is 3.12. The van der Waals surface area contributed by atoms with Gasteiger partial charge in [-0.25, -0.2) is 4.98 Å². The van der Waals surface area contributed by atoms with Gasteiger partial charge >= 0.3 is 0 Å². The predicted molar refractivity (Wildman–Crippen MR) is 94.2 cm³/mol. The highest BCUT2D eigenvalue weighted by molar-refractivity contribution is 5.40. The molecule has 0 radical (unpaired) electrons. The van der Waals surface area contributed by atoms with E-state index in [9.17, 15) is 0 Å². The third-order valence-electron chi connectivity index (χ3n) is 4.83. The minimum atomic E-state index is 0.184. The summed E-state index contributed by atoms with van der Waals surface area (Å²) >= 11 is 0. The lowest BCUT2D eigenvalue weighted by molar-refractivity contribution is 0.213. The molecular weight excluding hydrogens is 284 g/mol. The molecule has 2 N–H and O–H groups in total. The maximum Gasteiger partial charge on any atom is 0.0945 e. The van der Waals surface area contributed by atoms with Crippen LogP contribution in [0.3, 0.4) is 0 Å². The second-order valence-corrected chi connectivity index (χ2v) is 7.54. The number of benzene rings is 1. The molecule has 1 unspecified atom stereocenters. The lowest BCUT2D eigenvalue weighted by Gasteiger charge is -2.25. The summed E-state index contributed by atoms with van der Waals surface area (Å²) in [4.78, 5) is 6.62. The van der Waals surface area contributed by atoms with E-state index in [4.69, 9.17) is 5.73 Å². The maximum absolute atomic E-state index is 6.11. The second kappa shape index (κ2) is 6.46. The summed E-state index contributed by atoms with van der Waals surface area (Å²) in [5.74, 6) is 0. The van der Waals surface area contributed by atoms with Crippen molar-refractivity contribution in [3.63, 3.8) is 0 Å². The van der Waals surface area contributed by atoms with Gasteiger partial charge in [0.2, 0.25) is 0 Å². The summed E-state index contributed by atoms with van der Waals surface area (Å²) in [7, 11) is 0. The number of aryl methyl sites for hydroxylation is 1. The van der Waals surface area contributed by atoms with E-state index in [0.717, 1.165) is 26.1 Å². The van der Waals surface area contributed by atoms with Gasteiger partial charge in [-0.15, -0.1) is 0 Å². The lowest BCUT2D eigenvalue weighted by Crippen LogP contribution is -2.29. The van der Waals surface area contributed by atoms with Crippen molar-refractivity contribution < 1.29 is 0 Å². The molecule has 1 aliphatic rings. The van der Waals surface area contributed by atoms with Gasteiger partial charge < -0.3 is 10.3 Å². The normalized spacial score (nSPS) is 18.3. The van der Waals surface area contributed by atoms with Gasteiger partial charge in [0.1, 0.15) is 0 Å². The van der Waals surface area contributed by atoms with Crippen LogP contribution in [-0.4, -0.2) is 27.5 Å². The monoisotopic (exact) mass is 312 g/mol. The number of hydrogen-bond acceptors (Lipinski definition) is 3. The van der Waals surface area contributed by atoms with Gasteiger partial charge in [-0.1, -0.05) is 39.0 Å². The van der Waals surface area contributed by atoms with Crippen molar-refractivity contribution in [1.82, 2.24) is 14.5 Å². The van der Waals surface area contributed by atoms with Crippen LogP contribution < -0.4 is 5.73 Å². The van der Waals surface area contributed by atoms with Gasteiger partial charge in [-0.05, 0) is 28.5 Å². The number of rotatable bonds is 5. The highest BCUT2D eigenvalue weighted by atomic mass is 15.2. The van der Waals surface area contributed by atoms with E-state index in [1.165, 1.54) is 16.7 Å². The first-order valence-electron chi connectivity index (χ1n) is 8.52. The third kappa shape index (κ3) is 3.48. The SMILES string of the molecule is CC(C)(C)c1ccc2c(c1)C(CN)N(CCCn1ccnc1)C2. The molecule has 23 heavy (non-hydrogen) atoms. The minimum absolute atomic E-state index is 0.184. The fourth-order valence-corrected chi connectivity index (χ4v) is 3.43. The van der Waals surface area contributed by atoms with Gasteiger partial charge in [0.25, 0.3) is 0 Å². The molecule has 1 aromatic heterocycles. The molecule has 1 atom stereocenters. The predicted octanol–water partition coefficient (Wildman–Crippen LogP) is 3.09. The first kappa shape index (κ1) is 16.2. The number of imidazole rings is 1. The molecular formula is C19H28N4. The van der Waals surface area contributed by atoms with E-state index < -0.39 is 0 Å². The van der Waals surface area contributed by atoms with Crippen molar-refractivity contribution in [2.75, 3.05) is 13.1 Å². The maximum atomic E-state index is 6.11. The van der Waals surface area contributed by atoms with Gasteiger partial charge in [-0.3, -0.25) is 4.90 Å². The van der Waals surface area contributed by atoms with Crippen LogP contribution in [0.4, 0.5) is 0 Å². The molecule has 0 saturated heterocycles. The van der Waals surface area contributed by atoms with Crippen LogP contribution in [0.2, 0.25) is 0 Å². The van der Waals surface area contributed by atoms with Crippen molar-refractivity contribution in [3.8, 4) is 0 Å². The summed E-state index contributed by atoms with van der Waals surface area (Å²) < 4.78 is 2.14. The Bertz CT molecular complexity index is 640. The molecule has 3 rings (SSSR count). The smallest absolute Gasteiger partial charge is 0.0945 e. The van der Waals surface area contributed by atoms with Gasteiger partial charge in [0, 0.05) is 44.6 Å². The Morgan fingerprint density at radius 1 is 1.26 bits per heavy atom. The molecule has 2 heterocycles. The molecule has 0 amide bonds. The Morgan fingerprint density at radius 2 is 2.09 bits per heavy atom. The van der Waals surface area contributed by atoms with Crippen molar-refractivity contribution in [2.45, 2.75) is 51.7 Å². The summed E-state index contributed by atoms with van der Waals surface area (Å²) in [6.07, 6.45) is 6.86. The highest BCUT2D eigenvalue weighted by Crippen LogP contribution is 2.36. The highest BCUT2D eigenvalue weighted by Gasteiger charge is 2.29. The molecule has 1 aliphatic heterocycles. The molecule has 0 spiro atoms. The largest absolute Gasteiger partial charge is 0.337 e. The first-order chi connectivity index (χ1) is 11.0. The summed E-state index contributed by atoms with van der Waals surface area (Å²) in [6, 6.07) is 7.31. The van der Waals surface area contributed by atoms with E-state index in [0.29, 0.717) is 12.6 Å². The summed E-state index contributed by atoms with van der Waals surface area (Å²) in [5.41, 5.74) is 10.6. The van der Waals surface area contributed by atoms with Gasteiger partial charge in [0.15, 0.2) is 0 Å². The van der Waals surface area contributed by atoms with E-state index in [1.807, 2.05) is 18.7 Å². The van der Waals surface area contributed by atoms with Crippen LogP contribution in [0.25, 0.3) is 0 Å². The van der Waals surface area contributed by atoms with Crippen molar-refractivity contribution in [1.29, 1.82) is 0 Å². The summed E-state index contributed by atoms with van der Waals surface area (Å²) in [5, 5.41) is 0. The van der Waals surface area contributed by atoms with E-state index in [-0.39, 0.29) is 5.41 Å². The van der Waals surface area contributed by atoms with E-state index in [1.54, 1.807) is 0 Å². The zero-order valence-corrected chi connectivity index (χ0v) is 14.5. The minimum Gasteiger partial charge on any atom is -0.337 e. The lowest BCUT2D eigenvalue weighted by atomic mass is 9.85. The number of aromatic nitrogens is 2. The molecule has 0 aliphatic carbocycles. The molecule has 4 heteroatoms. The van der Waals surface area contributed by atoms with Crippen LogP contribution in [-0.2, 0) is 18.5 Å². The Morgan fingerprint density at radius 3 is 2.74 bits per heavy atom. The first-order valence-corrected chi connectivity index (χ1v) is 8.52. The fraction of sp³-hybridized carbons (Fsp3) is 0.526. The molecule has 0 saturated carbocycles. The fourth-order valence-electron chi connectivity index (χ4n) is 3.43. The Labute approximate surface area is 139 Å². The molecule has 4 nitrogen and oxygen atoms in total. The topological polar surface area (TPSA) is 47.1 Å². The zero-order valence-electron chi connectivity index (χ0n) is 14.5. The molecule has 124 valence electrons. The molecule has 1 aromatic carbocycles. The number of hydrogen-bond donors (Lipinski definition) is 1. The van der Waals surface area contributed by atoms with Gasteiger partial charge in [-0.2, -0.15) is 0 Å². The van der Waals surface area contributed by atoms with Crippen molar-refractivity contribution in [3.05, 3.63) is 53.6 Å². The quantitative estimate of drug-likeness (QED) is 0.923. The Balaban J connectivity index is 1.69. The number of nitrogens with two attached hydrogens (primary N) is 1. The van der Waals surface area contributed by atoms with Crippen LogP contribution >= 0.6 is 0 Å². The van der Waals surface area contributed by atoms with Crippen LogP contribution in [0.15, 0.2) is 36.9 Å². The van der Waals surface area contributed by atoms with Crippen LogP contribution in [0, 0.1) is 0 Å². The van der Waals surface area contributed by atoms with Crippen LogP contribution in [0.5, 0.6) is 0 Å². The van der Waals surface area contributed by atoms with E-state index >= 15 is 0 Å². The third-order valence-corrected chi connectivity index (χ3v) is 4.83. The van der Waals surface area contributed by atoms with Crippen LogP contribution in [0.1, 0.15) is 49.9 Å². The van der Waals surface area contributed by atoms with Gasteiger partial charge in [0.05, 0.1) is 6.33 Å². The second-order valence-electron chi connectivity index (χ2n) is 7.54. The number of nitrogens with zero attached hydrogens (tertiary/aromatic N) is 3. The van der Waals surface area contributed by atoms with Crippen molar-refractivity contribution in [2.24, 2.45) is 5.73 Å². The Hall–Kier alpha value is -1.65. The molecule has 0 fully saturated rings. The average molecular weight is 312 g/mol. The zero-order chi connectivity index (χ0) is 16.4. The van der Waals surface area contributed by atoms with Crippen molar-refractivity contribution >= 4 is 0 Å². The Kier molecular flexibility index (Phi) is 4.55. The summed E-state index contributed by atoms with van der Waals surface area (Å²) in [6.45, 7) is 10.6. The van der Waals surface area contributed by atoms with E-state index in [2.05, 4.69) is 53.4 Å². The molecule has 2 aromatic rings. The standard InChI is InChI=1S/C19H28N4/c1-19(2,3)16-6-5-15-13-23(18(12-20)17(15)11-16)9-4-8-22-10-7-21-14-22/h5-7,10-11,14,18H,4,8-9,12-13,20H2,1-3H3. The molecule has 0 bridgehead atoms.